The highest BCUT2D eigenvalue weighted by molar-refractivity contribution is 5.90. The van der Waals surface area contributed by atoms with Crippen LogP contribution in [-0.4, -0.2) is 22.7 Å². The zero-order valence-electron chi connectivity index (χ0n) is 9.86. The summed E-state index contributed by atoms with van der Waals surface area (Å²) in [6.07, 6.45) is 2.33. The Morgan fingerprint density at radius 1 is 1.56 bits per heavy atom. The fourth-order valence-electron chi connectivity index (χ4n) is 1.27. The first-order valence-electron chi connectivity index (χ1n) is 5.42. The third kappa shape index (κ3) is 2.95. The van der Waals surface area contributed by atoms with Crippen molar-refractivity contribution in [1.29, 1.82) is 0 Å². The Kier molecular flexibility index (Phi) is 4.28. The number of carbonyl (C=O) groups is 1. The molecule has 1 N–H and O–H groups in total. The first kappa shape index (κ1) is 12.5. The van der Waals surface area contributed by atoms with Gasteiger partial charge in [-0.15, -0.1) is 0 Å². The van der Waals surface area contributed by atoms with Crippen LogP contribution in [0.25, 0.3) is 0 Å². The minimum Gasteiger partial charge on any atom is -0.491 e. The van der Waals surface area contributed by atoms with E-state index in [1.165, 1.54) is 6.20 Å². The fourth-order valence-corrected chi connectivity index (χ4v) is 1.27. The van der Waals surface area contributed by atoms with Crippen molar-refractivity contribution < 1.29 is 14.6 Å². The summed E-state index contributed by atoms with van der Waals surface area (Å²) in [4.78, 5) is 15.2. The quantitative estimate of drug-likeness (QED) is 0.833. The maximum absolute atomic E-state index is 11.1. The van der Waals surface area contributed by atoms with Crippen LogP contribution in [0.3, 0.4) is 0 Å². The normalized spacial score (nSPS) is 10.5. The molecule has 0 saturated heterocycles. The van der Waals surface area contributed by atoms with Crippen LogP contribution in [0.15, 0.2) is 12.3 Å². The number of carboxylic acid groups (broad SMARTS) is 1. The second kappa shape index (κ2) is 5.49. The average molecular weight is 223 g/mol. The first-order valence-corrected chi connectivity index (χ1v) is 5.42. The van der Waals surface area contributed by atoms with Gasteiger partial charge in [0.2, 0.25) is 0 Å². The molecule has 0 unspecified atom stereocenters. The van der Waals surface area contributed by atoms with Crippen LogP contribution in [0.2, 0.25) is 0 Å². The number of nitrogens with zero attached hydrogens (tertiary/aromatic N) is 1. The second-order valence-corrected chi connectivity index (χ2v) is 3.91. The number of aromatic carboxylic acids is 1. The molecule has 4 heteroatoms. The molecule has 1 heterocycles. The van der Waals surface area contributed by atoms with E-state index in [4.69, 9.17) is 9.84 Å². The van der Waals surface area contributed by atoms with Gasteiger partial charge in [0.05, 0.1) is 12.8 Å². The van der Waals surface area contributed by atoms with Crippen LogP contribution in [0.5, 0.6) is 5.75 Å². The van der Waals surface area contributed by atoms with E-state index in [1.54, 1.807) is 6.07 Å². The van der Waals surface area contributed by atoms with Gasteiger partial charge in [0, 0.05) is 5.69 Å². The van der Waals surface area contributed by atoms with Crippen molar-refractivity contribution in [2.24, 2.45) is 0 Å². The molecule has 1 rings (SSSR count). The molecule has 0 amide bonds. The molecule has 0 aliphatic carbocycles. The SMILES string of the molecule is CCCOc1cnc(C(C)C)cc1C(=O)O. The van der Waals surface area contributed by atoms with Gasteiger partial charge in [-0.25, -0.2) is 4.79 Å². The lowest BCUT2D eigenvalue weighted by molar-refractivity contribution is 0.0692. The van der Waals surface area contributed by atoms with Gasteiger partial charge in [-0.1, -0.05) is 20.8 Å². The van der Waals surface area contributed by atoms with Crippen LogP contribution in [-0.2, 0) is 0 Å². The van der Waals surface area contributed by atoms with E-state index in [0.29, 0.717) is 12.4 Å². The fraction of sp³-hybridized carbons (Fsp3) is 0.500. The maximum atomic E-state index is 11.1. The van der Waals surface area contributed by atoms with Crippen molar-refractivity contribution in [3.63, 3.8) is 0 Å². The highest BCUT2D eigenvalue weighted by Crippen LogP contribution is 2.22. The standard InChI is InChI=1S/C12H17NO3/c1-4-5-16-11-7-13-10(8(2)3)6-9(11)12(14)15/h6-8H,4-5H2,1-3H3,(H,14,15). The molecule has 0 saturated carbocycles. The molecular weight excluding hydrogens is 206 g/mol. The molecule has 0 fully saturated rings. The number of aromatic nitrogens is 1. The summed E-state index contributed by atoms with van der Waals surface area (Å²) in [5.41, 5.74) is 0.952. The highest BCUT2D eigenvalue weighted by Gasteiger charge is 2.14. The molecular formula is C12H17NO3. The predicted molar refractivity (Wildman–Crippen MR) is 61.1 cm³/mol. The van der Waals surface area contributed by atoms with Crippen molar-refractivity contribution in [2.45, 2.75) is 33.1 Å². The van der Waals surface area contributed by atoms with Gasteiger partial charge < -0.3 is 9.84 Å². The molecule has 0 aromatic carbocycles. The lowest BCUT2D eigenvalue weighted by Crippen LogP contribution is -2.06. The Balaban J connectivity index is 3.04. The Hall–Kier alpha value is -1.58. The zero-order chi connectivity index (χ0) is 12.1. The summed E-state index contributed by atoms with van der Waals surface area (Å²) in [5.74, 6) is -0.424. The number of hydrogen-bond acceptors (Lipinski definition) is 3. The van der Waals surface area contributed by atoms with Crippen LogP contribution < -0.4 is 4.74 Å². The average Bonchev–Trinajstić information content (AvgIpc) is 2.25. The lowest BCUT2D eigenvalue weighted by atomic mass is 10.1. The Morgan fingerprint density at radius 2 is 2.25 bits per heavy atom. The third-order valence-corrected chi connectivity index (χ3v) is 2.17. The van der Waals surface area contributed by atoms with Crippen LogP contribution in [0.1, 0.15) is 49.2 Å². The molecule has 88 valence electrons. The van der Waals surface area contributed by atoms with Crippen molar-refractivity contribution in [3.05, 3.63) is 23.5 Å². The smallest absolute Gasteiger partial charge is 0.339 e. The first-order chi connectivity index (χ1) is 7.56. The van der Waals surface area contributed by atoms with E-state index in [1.807, 2.05) is 20.8 Å². The van der Waals surface area contributed by atoms with E-state index in [0.717, 1.165) is 12.1 Å². The molecule has 0 radical (unpaired) electrons. The maximum Gasteiger partial charge on any atom is 0.339 e. The summed E-state index contributed by atoms with van der Waals surface area (Å²) in [6, 6.07) is 1.58. The predicted octanol–water partition coefficient (Wildman–Crippen LogP) is 2.69. The molecule has 1 aromatic rings. The van der Waals surface area contributed by atoms with Gasteiger partial charge in [0.25, 0.3) is 0 Å². The summed E-state index contributed by atoms with van der Waals surface area (Å²) in [5, 5.41) is 9.06. The Morgan fingerprint density at radius 3 is 2.75 bits per heavy atom. The summed E-state index contributed by atoms with van der Waals surface area (Å²) in [7, 11) is 0. The van der Waals surface area contributed by atoms with Gasteiger partial charge in [0.15, 0.2) is 5.75 Å². The van der Waals surface area contributed by atoms with Crippen molar-refractivity contribution in [1.82, 2.24) is 4.98 Å². The minimum atomic E-state index is -0.976. The van der Waals surface area contributed by atoms with Crippen molar-refractivity contribution in [2.75, 3.05) is 6.61 Å². The lowest BCUT2D eigenvalue weighted by Gasteiger charge is -2.10. The van der Waals surface area contributed by atoms with Crippen molar-refractivity contribution in [3.8, 4) is 5.75 Å². The topological polar surface area (TPSA) is 59.4 Å². The van der Waals surface area contributed by atoms with E-state index in [9.17, 15) is 4.79 Å². The number of hydrogen-bond donors (Lipinski definition) is 1. The minimum absolute atomic E-state index is 0.187. The zero-order valence-corrected chi connectivity index (χ0v) is 9.86. The van der Waals surface area contributed by atoms with Crippen LogP contribution >= 0.6 is 0 Å². The summed E-state index contributed by atoms with van der Waals surface area (Å²) >= 11 is 0. The second-order valence-electron chi connectivity index (χ2n) is 3.91. The van der Waals surface area contributed by atoms with E-state index < -0.39 is 5.97 Å². The highest BCUT2D eigenvalue weighted by atomic mass is 16.5. The van der Waals surface area contributed by atoms with Gasteiger partial charge >= 0.3 is 5.97 Å². The van der Waals surface area contributed by atoms with Crippen molar-refractivity contribution >= 4 is 5.97 Å². The summed E-state index contributed by atoms with van der Waals surface area (Å²) < 4.78 is 5.34. The molecule has 0 aliphatic rings. The Labute approximate surface area is 95.3 Å². The van der Waals surface area contributed by atoms with E-state index >= 15 is 0 Å². The van der Waals surface area contributed by atoms with Gasteiger partial charge in [-0.3, -0.25) is 4.98 Å². The Bertz CT molecular complexity index is 375. The largest absolute Gasteiger partial charge is 0.491 e. The van der Waals surface area contributed by atoms with Crippen LogP contribution in [0, 0.1) is 0 Å². The number of rotatable bonds is 5. The molecule has 0 atom stereocenters. The molecule has 16 heavy (non-hydrogen) atoms. The number of carboxylic acids is 1. The van der Waals surface area contributed by atoms with Crippen LogP contribution in [0.4, 0.5) is 0 Å². The van der Waals surface area contributed by atoms with E-state index in [-0.39, 0.29) is 11.5 Å². The molecule has 0 spiro atoms. The molecule has 1 aromatic heterocycles. The molecule has 0 aliphatic heterocycles. The van der Waals surface area contributed by atoms with Gasteiger partial charge in [-0.2, -0.15) is 0 Å². The molecule has 0 bridgehead atoms. The molecule has 4 nitrogen and oxygen atoms in total. The van der Waals surface area contributed by atoms with Gasteiger partial charge in [-0.05, 0) is 18.4 Å². The van der Waals surface area contributed by atoms with E-state index in [2.05, 4.69) is 4.98 Å². The number of ether oxygens (including phenoxy) is 1. The number of pyridine rings is 1. The monoisotopic (exact) mass is 223 g/mol. The third-order valence-electron chi connectivity index (χ3n) is 2.17. The summed E-state index contributed by atoms with van der Waals surface area (Å²) in [6.45, 7) is 6.42. The van der Waals surface area contributed by atoms with Gasteiger partial charge in [0.1, 0.15) is 5.56 Å².